The zero-order valence-electron chi connectivity index (χ0n) is 16.1. The number of aromatic nitrogens is 2. The van der Waals surface area contributed by atoms with Crippen LogP contribution in [0.3, 0.4) is 0 Å². The maximum Gasteiger partial charge on any atom is 0.277 e. The van der Waals surface area contributed by atoms with Gasteiger partial charge >= 0.3 is 0 Å². The number of amides is 1. The monoisotopic (exact) mass is 377 g/mol. The molecule has 1 aromatic heterocycles. The number of thioether (sulfide) groups is 1. The Balaban J connectivity index is 1.86. The minimum atomic E-state index is 0.0788. The average molecular weight is 378 g/mol. The highest BCUT2D eigenvalue weighted by molar-refractivity contribution is 7.99. The van der Waals surface area contributed by atoms with E-state index in [1.165, 1.54) is 11.8 Å². The molecule has 0 aliphatic carbocycles. The van der Waals surface area contributed by atoms with Crippen LogP contribution in [-0.4, -0.2) is 38.8 Å². The Labute approximate surface area is 159 Å². The van der Waals surface area contributed by atoms with Gasteiger partial charge in [-0.1, -0.05) is 30.8 Å². The summed E-state index contributed by atoms with van der Waals surface area (Å²) in [5.74, 6) is 1.51. The standard InChI is InChI=1S/C19H27N3O3S/c1-6-15(5)22(13(2)3)18(23)12-26-19-21-20-17(25-19)11-24-16-9-7-8-14(4)10-16/h7-10,13,15H,6,11-12H2,1-5H3/t15-/m0/s1. The fraction of sp³-hybridized carbons (Fsp3) is 0.526. The van der Waals surface area contributed by atoms with Gasteiger partial charge in [0.25, 0.3) is 11.1 Å². The van der Waals surface area contributed by atoms with E-state index in [4.69, 9.17) is 9.15 Å². The highest BCUT2D eigenvalue weighted by atomic mass is 32.2. The van der Waals surface area contributed by atoms with Crippen molar-refractivity contribution >= 4 is 17.7 Å². The highest BCUT2D eigenvalue weighted by Crippen LogP contribution is 2.20. The SMILES string of the molecule is CC[C@H](C)N(C(=O)CSc1nnc(COc2cccc(C)c2)o1)C(C)C. The molecule has 0 aliphatic heterocycles. The number of hydrogen-bond donors (Lipinski definition) is 0. The number of carbonyl (C=O) groups excluding carboxylic acids is 1. The minimum absolute atomic E-state index is 0.0788. The first-order valence-electron chi connectivity index (χ1n) is 8.86. The molecule has 0 N–H and O–H groups in total. The molecular formula is C19H27N3O3S. The summed E-state index contributed by atoms with van der Waals surface area (Å²) in [6.45, 7) is 10.4. The lowest BCUT2D eigenvalue weighted by atomic mass is 10.2. The van der Waals surface area contributed by atoms with Crippen LogP contribution in [0.1, 0.15) is 45.6 Å². The van der Waals surface area contributed by atoms with Crippen LogP contribution >= 0.6 is 11.8 Å². The van der Waals surface area contributed by atoms with Crippen LogP contribution in [0.2, 0.25) is 0 Å². The quantitative estimate of drug-likeness (QED) is 0.613. The number of aryl methyl sites for hydroxylation is 1. The number of benzene rings is 1. The molecular weight excluding hydrogens is 350 g/mol. The lowest BCUT2D eigenvalue weighted by Gasteiger charge is -2.32. The van der Waals surface area contributed by atoms with Crippen molar-refractivity contribution in [1.29, 1.82) is 0 Å². The number of rotatable bonds is 9. The zero-order valence-corrected chi connectivity index (χ0v) is 16.9. The molecule has 2 aromatic rings. The van der Waals surface area contributed by atoms with Gasteiger partial charge in [-0.2, -0.15) is 0 Å². The summed E-state index contributed by atoms with van der Waals surface area (Å²) in [6.07, 6.45) is 0.926. The van der Waals surface area contributed by atoms with Crippen LogP contribution in [0, 0.1) is 6.92 Å². The molecule has 0 radical (unpaired) electrons. The first kappa shape index (κ1) is 20.3. The lowest BCUT2D eigenvalue weighted by Crippen LogP contribution is -2.44. The summed E-state index contributed by atoms with van der Waals surface area (Å²) >= 11 is 1.26. The van der Waals surface area contributed by atoms with Crippen LogP contribution < -0.4 is 4.74 Å². The van der Waals surface area contributed by atoms with Crippen molar-refractivity contribution in [2.75, 3.05) is 5.75 Å². The Bertz CT molecular complexity index is 718. The van der Waals surface area contributed by atoms with E-state index in [-0.39, 0.29) is 30.4 Å². The summed E-state index contributed by atoms with van der Waals surface area (Å²) < 4.78 is 11.2. The summed E-state index contributed by atoms with van der Waals surface area (Å²) in [7, 11) is 0. The van der Waals surface area contributed by atoms with Crippen LogP contribution in [0.5, 0.6) is 5.75 Å². The molecule has 142 valence electrons. The van der Waals surface area contributed by atoms with Gasteiger partial charge < -0.3 is 14.1 Å². The molecule has 0 fully saturated rings. The van der Waals surface area contributed by atoms with Gasteiger partial charge in [0.05, 0.1) is 5.75 Å². The molecule has 0 saturated carbocycles. The molecule has 2 rings (SSSR count). The van der Waals surface area contributed by atoms with Crippen molar-refractivity contribution in [2.45, 2.75) is 65.0 Å². The largest absolute Gasteiger partial charge is 0.484 e. The van der Waals surface area contributed by atoms with Crippen LogP contribution in [0.15, 0.2) is 33.9 Å². The van der Waals surface area contributed by atoms with Crippen molar-refractivity contribution in [3.63, 3.8) is 0 Å². The molecule has 1 amide bonds. The van der Waals surface area contributed by atoms with E-state index in [1.807, 2.05) is 49.9 Å². The molecule has 0 bridgehead atoms. The van der Waals surface area contributed by atoms with Crippen LogP contribution in [0.25, 0.3) is 0 Å². The Morgan fingerprint density at radius 1 is 1.31 bits per heavy atom. The number of nitrogens with zero attached hydrogens (tertiary/aromatic N) is 3. The molecule has 1 atom stereocenters. The Morgan fingerprint density at radius 3 is 2.73 bits per heavy atom. The summed E-state index contributed by atoms with van der Waals surface area (Å²) in [6, 6.07) is 8.14. The van der Waals surface area contributed by atoms with E-state index in [2.05, 4.69) is 24.0 Å². The van der Waals surface area contributed by atoms with Gasteiger partial charge in [-0.3, -0.25) is 4.79 Å². The Hall–Kier alpha value is -2.02. The topological polar surface area (TPSA) is 68.5 Å². The second-order valence-electron chi connectivity index (χ2n) is 6.51. The molecule has 0 unspecified atom stereocenters. The molecule has 1 aromatic carbocycles. The first-order valence-corrected chi connectivity index (χ1v) is 9.85. The Kier molecular flexibility index (Phi) is 7.50. The second kappa shape index (κ2) is 9.62. The normalized spacial score (nSPS) is 12.2. The third kappa shape index (κ3) is 5.76. The van der Waals surface area contributed by atoms with Crippen molar-refractivity contribution < 1.29 is 13.9 Å². The molecule has 0 aliphatic rings. The fourth-order valence-electron chi connectivity index (χ4n) is 2.64. The smallest absolute Gasteiger partial charge is 0.277 e. The van der Waals surface area contributed by atoms with E-state index in [0.29, 0.717) is 11.1 Å². The second-order valence-corrected chi connectivity index (χ2v) is 7.43. The number of ether oxygens (including phenoxy) is 1. The highest BCUT2D eigenvalue weighted by Gasteiger charge is 2.22. The van der Waals surface area contributed by atoms with Crippen LogP contribution in [-0.2, 0) is 11.4 Å². The molecule has 26 heavy (non-hydrogen) atoms. The van der Waals surface area contributed by atoms with E-state index in [9.17, 15) is 4.79 Å². The number of hydrogen-bond acceptors (Lipinski definition) is 6. The Morgan fingerprint density at radius 2 is 2.08 bits per heavy atom. The van der Waals surface area contributed by atoms with Crippen molar-refractivity contribution in [1.82, 2.24) is 15.1 Å². The molecule has 1 heterocycles. The third-order valence-electron chi connectivity index (χ3n) is 4.03. The predicted molar refractivity (Wildman–Crippen MR) is 102 cm³/mol. The summed E-state index contributed by atoms with van der Waals surface area (Å²) in [4.78, 5) is 14.4. The lowest BCUT2D eigenvalue weighted by molar-refractivity contribution is -0.132. The molecule has 7 heteroatoms. The molecule has 6 nitrogen and oxygen atoms in total. The van der Waals surface area contributed by atoms with Gasteiger partial charge in [0.1, 0.15) is 5.75 Å². The van der Waals surface area contributed by atoms with Crippen molar-refractivity contribution in [3.8, 4) is 5.75 Å². The van der Waals surface area contributed by atoms with Gasteiger partial charge in [-0.25, -0.2) is 0 Å². The van der Waals surface area contributed by atoms with E-state index in [0.717, 1.165) is 17.7 Å². The van der Waals surface area contributed by atoms with Gasteiger partial charge in [-0.15, -0.1) is 10.2 Å². The van der Waals surface area contributed by atoms with Gasteiger partial charge in [0, 0.05) is 12.1 Å². The minimum Gasteiger partial charge on any atom is -0.484 e. The van der Waals surface area contributed by atoms with E-state index >= 15 is 0 Å². The molecule has 0 saturated heterocycles. The average Bonchev–Trinajstić information content (AvgIpc) is 3.06. The maximum atomic E-state index is 12.5. The van der Waals surface area contributed by atoms with Crippen molar-refractivity contribution in [3.05, 3.63) is 35.7 Å². The zero-order chi connectivity index (χ0) is 19.1. The van der Waals surface area contributed by atoms with Crippen molar-refractivity contribution in [2.24, 2.45) is 0 Å². The van der Waals surface area contributed by atoms with Crippen LogP contribution in [0.4, 0.5) is 0 Å². The van der Waals surface area contributed by atoms with Gasteiger partial charge in [0.15, 0.2) is 6.61 Å². The van der Waals surface area contributed by atoms with E-state index in [1.54, 1.807) is 0 Å². The fourth-order valence-corrected chi connectivity index (χ4v) is 3.29. The van der Waals surface area contributed by atoms with E-state index < -0.39 is 0 Å². The van der Waals surface area contributed by atoms with Gasteiger partial charge in [0.2, 0.25) is 5.91 Å². The maximum absolute atomic E-state index is 12.5. The number of carbonyl (C=O) groups is 1. The third-order valence-corrected chi connectivity index (χ3v) is 4.83. The van der Waals surface area contributed by atoms with Gasteiger partial charge in [-0.05, 0) is 51.8 Å². The summed E-state index contributed by atoms with van der Waals surface area (Å²) in [5.41, 5.74) is 1.12. The first-order chi connectivity index (χ1) is 12.4. The predicted octanol–water partition coefficient (Wildman–Crippen LogP) is 4.08. The molecule has 0 spiro atoms. The summed E-state index contributed by atoms with van der Waals surface area (Å²) in [5, 5.41) is 8.34.